The predicted octanol–water partition coefficient (Wildman–Crippen LogP) is 1.71. The van der Waals surface area contributed by atoms with Crippen molar-refractivity contribution in [1.29, 1.82) is 5.26 Å². The number of hydrogen-bond acceptors (Lipinski definition) is 4. The molecular formula is C13H18N2O2. The minimum absolute atomic E-state index is 0.0809. The number of nitrogens with zero attached hydrogens (tertiary/aromatic N) is 1. The molecule has 0 saturated heterocycles. The molecule has 0 spiro atoms. The van der Waals surface area contributed by atoms with Gasteiger partial charge in [-0.3, -0.25) is 0 Å². The summed E-state index contributed by atoms with van der Waals surface area (Å²) in [6.07, 6.45) is 0.202. The Morgan fingerprint density at radius 3 is 3.00 bits per heavy atom. The van der Waals surface area contributed by atoms with Gasteiger partial charge in [-0.05, 0) is 24.6 Å². The van der Waals surface area contributed by atoms with Gasteiger partial charge in [0.05, 0.1) is 6.10 Å². The Labute approximate surface area is 102 Å². The standard InChI is InChI=1S/C13H18N2O2/c1-11(16-2)9-15-10-12-4-3-5-13(8-12)17-7-6-14/h3-5,8,11,15H,7,9-10H2,1-2H3. The van der Waals surface area contributed by atoms with Crippen LogP contribution in [0.4, 0.5) is 0 Å². The molecule has 1 unspecified atom stereocenters. The van der Waals surface area contributed by atoms with Crippen molar-refractivity contribution in [2.24, 2.45) is 0 Å². The summed E-state index contributed by atoms with van der Waals surface area (Å²) in [6.45, 7) is 3.66. The van der Waals surface area contributed by atoms with E-state index in [1.807, 2.05) is 37.3 Å². The van der Waals surface area contributed by atoms with Crippen molar-refractivity contribution >= 4 is 0 Å². The second-order valence-electron chi connectivity index (χ2n) is 3.77. The highest BCUT2D eigenvalue weighted by Crippen LogP contribution is 2.12. The smallest absolute Gasteiger partial charge is 0.174 e. The van der Waals surface area contributed by atoms with Gasteiger partial charge < -0.3 is 14.8 Å². The quantitative estimate of drug-likeness (QED) is 0.780. The van der Waals surface area contributed by atoms with Crippen molar-refractivity contribution in [2.75, 3.05) is 20.3 Å². The Morgan fingerprint density at radius 2 is 2.29 bits per heavy atom. The molecule has 0 amide bonds. The molecule has 4 heteroatoms. The maximum Gasteiger partial charge on any atom is 0.174 e. The van der Waals surface area contributed by atoms with Crippen LogP contribution < -0.4 is 10.1 Å². The third-order valence-electron chi connectivity index (χ3n) is 2.37. The van der Waals surface area contributed by atoms with Crippen LogP contribution in [0.5, 0.6) is 5.75 Å². The van der Waals surface area contributed by atoms with Gasteiger partial charge in [0.25, 0.3) is 0 Å². The van der Waals surface area contributed by atoms with Crippen molar-refractivity contribution in [2.45, 2.75) is 19.6 Å². The van der Waals surface area contributed by atoms with Crippen LogP contribution in [0.15, 0.2) is 24.3 Å². The topological polar surface area (TPSA) is 54.3 Å². The van der Waals surface area contributed by atoms with E-state index in [4.69, 9.17) is 14.7 Å². The molecule has 0 bridgehead atoms. The maximum absolute atomic E-state index is 8.43. The first-order valence-corrected chi connectivity index (χ1v) is 5.58. The molecule has 1 rings (SSSR count). The van der Waals surface area contributed by atoms with Crippen LogP contribution in [0.25, 0.3) is 0 Å². The lowest BCUT2D eigenvalue weighted by Crippen LogP contribution is -2.25. The molecule has 1 N–H and O–H groups in total. The van der Waals surface area contributed by atoms with E-state index in [2.05, 4.69) is 5.32 Å². The molecule has 0 aliphatic rings. The van der Waals surface area contributed by atoms with E-state index < -0.39 is 0 Å². The van der Waals surface area contributed by atoms with Crippen LogP contribution in [-0.4, -0.2) is 26.4 Å². The average Bonchev–Trinajstić information content (AvgIpc) is 2.36. The first kappa shape index (κ1) is 13.5. The van der Waals surface area contributed by atoms with Crippen LogP contribution in [0.1, 0.15) is 12.5 Å². The number of nitrogens with one attached hydrogen (secondary N) is 1. The number of nitriles is 1. The van der Waals surface area contributed by atoms with Gasteiger partial charge in [-0.2, -0.15) is 5.26 Å². The normalized spacial score (nSPS) is 11.8. The van der Waals surface area contributed by atoms with Gasteiger partial charge in [-0.15, -0.1) is 0 Å². The van der Waals surface area contributed by atoms with Gasteiger partial charge in [0, 0.05) is 20.2 Å². The van der Waals surface area contributed by atoms with E-state index in [1.165, 1.54) is 0 Å². The Balaban J connectivity index is 2.40. The number of ether oxygens (including phenoxy) is 2. The van der Waals surface area contributed by atoms with Gasteiger partial charge in [0.2, 0.25) is 0 Å². The largest absolute Gasteiger partial charge is 0.479 e. The van der Waals surface area contributed by atoms with E-state index in [1.54, 1.807) is 7.11 Å². The van der Waals surface area contributed by atoms with Crippen molar-refractivity contribution in [3.8, 4) is 11.8 Å². The molecule has 0 fully saturated rings. The van der Waals surface area contributed by atoms with Crippen molar-refractivity contribution in [3.63, 3.8) is 0 Å². The fraction of sp³-hybridized carbons (Fsp3) is 0.462. The first-order valence-electron chi connectivity index (χ1n) is 5.58. The van der Waals surface area contributed by atoms with Crippen LogP contribution >= 0.6 is 0 Å². The summed E-state index contributed by atoms with van der Waals surface area (Å²) in [5.41, 5.74) is 1.13. The average molecular weight is 234 g/mol. The zero-order valence-electron chi connectivity index (χ0n) is 10.3. The van der Waals surface area contributed by atoms with Crippen LogP contribution in [0.3, 0.4) is 0 Å². The van der Waals surface area contributed by atoms with Gasteiger partial charge in [-0.1, -0.05) is 12.1 Å². The molecule has 4 nitrogen and oxygen atoms in total. The zero-order chi connectivity index (χ0) is 12.5. The Kier molecular flexibility index (Phi) is 6.08. The molecule has 92 valence electrons. The minimum atomic E-state index is 0.0809. The lowest BCUT2D eigenvalue weighted by molar-refractivity contribution is 0.117. The highest BCUT2D eigenvalue weighted by Gasteiger charge is 2.00. The summed E-state index contributed by atoms with van der Waals surface area (Å²) < 4.78 is 10.4. The van der Waals surface area contributed by atoms with E-state index >= 15 is 0 Å². The Morgan fingerprint density at radius 1 is 1.47 bits per heavy atom. The van der Waals surface area contributed by atoms with E-state index in [-0.39, 0.29) is 12.7 Å². The molecule has 1 aromatic carbocycles. The molecular weight excluding hydrogens is 216 g/mol. The van der Waals surface area contributed by atoms with E-state index in [0.717, 1.165) is 24.4 Å². The third kappa shape index (κ3) is 5.34. The fourth-order valence-electron chi connectivity index (χ4n) is 1.36. The Hall–Kier alpha value is -1.57. The summed E-state index contributed by atoms with van der Waals surface area (Å²) in [5.74, 6) is 0.727. The van der Waals surface area contributed by atoms with E-state index in [0.29, 0.717) is 0 Å². The lowest BCUT2D eigenvalue weighted by Gasteiger charge is -2.11. The zero-order valence-corrected chi connectivity index (χ0v) is 10.3. The summed E-state index contributed by atoms with van der Waals surface area (Å²) in [5, 5.41) is 11.7. The molecule has 1 aromatic rings. The third-order valence-corrected chi connectivity index (χ3v) is 2.37. The molecule has 0 aliphatic heterocycles. The molecule has 17 heavy (non-hydrogen) atoms. The number of rotatable bonds is 7. The molecule has 0 heterocycles. The van der Waals surface area contributed by atoms with Crippen LogP contribution in [-0.2, 0) is 11.3 Å². The predicted molar refractivity (Wildman–Crippen MR) is 65.7 cm³/mol. The molecule has 0 saturated carbocycles. The van der Waals surface area contributed by atoms with Gasteiger partial charge >= 0.3 is 0 Å². The van der Waals surface area contributed by atoms with Gasteiger partial charge in [-0.25, -0.2) is 0 Å². The summed E-state index contributed by atoms with van der Waals surface area (Å²) in [6, 6.07) is 9.66. The molecule has 0 aromatic heterocycles. The van der Waals surface area contributed by atoms with Crippen molar-refractivity contribution < 1.29 is 9.47 Å². The minimum Gasteiger partial charge on any atom is -0.479 e. The fourth-order valence-corrected chi connectivity index (χ4v) is 1.36. The lowest BCUT2D eigenvalue weighted by atomic mass is 10.2. The molecule has 0 aliphatic carbocycles. The summed E-state index contributed by atoms with van der Waals surface area (Å²) in [4.78, 5) is 0. The van der Waals surface area contributed by atoms with E-state index in [9.17, 15) is 0 Å². The summed E-state index contributed by atoms with van der Waals surface area (Å²) in [7, 11) is 1.70. The van der Waals surface area contributed by atoms with Crippen LogP contribution in [0, 0.1) is 11.3 Å². The molecule has 1 atom stereocenters. The highest BCUT2D eigenvalue weighted by molar-refractivity contribution is 5.28. The number of benzene rings is 1. The van der Waals surface area contributed by atoms with Crippen molar-refractivity contribution in [3.05, 3.63) is 29.8 Å². The second-order valence-corrected chi connectivity index (χ2v) is 3.77. The maximum atomic E-state index is 8.43. The van der Waals surface area contributed by atoms with Crippen LogP contribution in [0.2, 0.25) is 0 Å². The Bertz CT molecular complexity index is 374. The first-order chi connectivity index (χ1) is 8.26. The number of hydrogen-bond donors (Lipinski definition) is 1. The second kappa shape index (κ2) is 7.66. The molecule has 0 radical (unpaired) electrons. The van der Waals surface area contributed by atoms with Gasteiger partial charge in [0.1, 0.15) is 11.8 Å². The highest BCUT2D eigenvalue weighted by atomic mass is 16.5. The van der Waals surface area contributed by atoms with Gasteiger partial charge in [0.15, 0.2) is 6.61 Å². The summed E-state index contributed by atoms with van der Waals surface area (Å²) >= 11 is 0. The number of methoxy groups -OCH3 is 1. The SMILES string of the molecule is COC(C)CNCc1cccc(OCC#N)c1. The monoisotopic (exact) mass is 234 g/mol. The van der Waals surface area contributed by atoms with Crippen molar-refractivity contribution in [1.82, 2.24) is 5.32 Å².